The number of aryl methyl sites for hydroxylation is 2. The molecule has 0 aliphatic carbocycles. The molecule has 0 aliphatic heterocycles. The molecular weight excluding hydrogens is 659 g/mol. The molecule has 0 N–H and O–H groups in total. The Hall–Kier alpha value is -4.68. The first-order chi connectivity index (χ1) is 25.6. The van der Waals surface area contributed by atoms with Gasteiger partial charge < -0.3 is 14.0 Å². The minimum Gasteiger partial charge on any atom is -0.311 e. The SMILES string of the molecule is CCCCCCCCn1c(=O)ccc2c1cc(-c1ccc(-c3ccc(N(c4ccccc4)c4ccccc4)cc3)s1)c(=O)n2CCCCCCCC. The second kappa shape index (κ2) is 18.7. The first-order valence-corrected chi connectivity index (χ1v) is 20.3. The smallest absolute Gasteiger partial charge is 0.259 e. The lowest BCUT2D eigenvalue weighted by atomic mass is 10.1. The summed E-state index contributed by atoms with van der Waals surface area (Å²) in [6.45, 7) is 5.79. The monoisotopic (exact) mass is 711 g/mol. The molecule has 3 aromatic heterocycles. The van der Waals surface area contributed by atoms with E-state index in [4.69, 9.17) is 0 Å². The number of rotatable bonds is 19. The Labute approximate surface area is 313 Å². The van der Waals surface area contributed by atoms with Crippen LogP contribution in [0.4, 0.5) is 17.1 Å². The largest absolute Gasteiger partial charge is 0.311 e. The highest BCUT2D eigenvalue weighted by Gasteiger charge is 2.17. The molecule has 0 atom stereocenters. The molecule has 6 heteroatoms. The van der Waals surface area contributed by atoms with Crippen LogP contribution in [0.2, 0.25) is 0 Å². The van der Waals surface area contributed by atoms with Crippen molar-refractivity contribution in [2.75, 3.05) is 4.90 Å². The van der Waals surface area contributed by atoms with Gasteiger partial charge in [-0.05, 0) is 79.1 Å². The molecule has 52 heavy (non-hydrogen) atoms. The van der Waals surface area contributed by atoms with Gasteiger partial charge in [0.1, 0.15) is 0 Å². The summed E-state index contributed by atoms with van der Waals surface area (Å²) in [4.78, 5) is 31.9. The number of benzene rings is 3. The third kappa shape index (κ3) is 9.02. The molecule has 0 spiro atoms. The Morgan fingerprint density at radius 3 is 1.62 bits per heavy atom. The number of fused-ring (bicyclic) bond motifs is 1. The summed E-state index contributed by atoms with van der Waals surface area (Å²) in [5, 5.41) is 0. The minimum atomic E-state index is 0.00350. The van der Waals surface area contributed by atoms with E-state index in [0.29, 0.717) is 18.7 Å². The highest BCUT2D eigenvalue weighted by molar-refractivity contribution is 7.18. The topological polar surface area (TPSA) is 47.2 Å². The lowest BCUT2D eigenvalue weighted by Crippen LogP contribution is -2.26. The van der Waals surface area contributed by atoms with Crippen LogP contribution in [0.1, 0.15) is 90.9 Å². The van der Waals surface area contributed by atoms with Gasteiger partial charge in [0.15, 0.2) is 0 Å². The zero-order valence-electron chi connectivity index (χ0n) is 30.9. The molecule has 5 nitrogen and oxygen atoms in total. The van der Waals surface area contributed by atoms with Crippen molar-refractivity contribution in [1.82, 2.24) is 9.13 Å². The number of hydrogen-bond donors (Lipinski definition) is 0. The van der Waals surface area contributed by atoms with E-state index >= 15 is 0 Å². The summed E-state index contributed by atoms with van der Waals surface area (Å²) in [5.41, 5.74) is 6.81. The molecule has 0 radical (unpaired) electrons. The van der Waals surface area contributed by atoms with Crippen LogP contribution in [0.3, 0.4) is 0 Å². The normalized spacial score (nSPS) is 11.3. The number of para-hydroxylation sites is 2. The molecule has 270 valence electrons. The Morgan fingerprint density at radius 2 is 1.02 bits per heavy atom. The number of thiophene rings is 1. The lowest BCUT2D eigenvalue weighted by Gasteiger charge is -2.25. The maximum atomic E-state index is 14.3. The number of aromatic nitrogens is 2. The van der Waals surface area contributed by atoms with Crippen LogP contribution in [0, 0.1) is 0 Å². The molecule has 0 saturated carbocycles. The maximum absolute atomic E-state index is 14.3. The zero-order chi connectivity index (χ0) is 36.1. The summed E-state index contributed by atoms with van der Waals surface area (Å²) >= 11 is 1.64. The van der Waals surface area contributed by atoms with Gasteiger partial charge in [-0.3, -0.25) is 9.59 Å². The molecule has 3 heterocycles. The summed E-state index contributed by atoms with van der Waals surface area (Å²) in [5.74, 6) is 0. The molecule has 6 aromatic rings. The van der Waals surface area contributed by atoms with E-state index in [1.54, 1.807) is 17.4 Å². The van der Waals surface area contributed by atoms with Crippen LogP contribution in [-0.2, 0) is 13.1 Å². The third-order valence-corrected chi connectivity index (χ3v) is 11.2. The van der Waals surface area contributed by atoms with Gasteiger partial charge in [0.25, 0.3) is 11.1 Å². The van der Waals surface area contributed by atoms with Gasteiger partial charge in [-0.25, -0.2) is 0 Å². The van der Waals surface area contributed by atoms with Gasteiger partial charge >= 0.3 is 0 Å². The highest BCUT2D eigenvalue weighted by Crippen LogP contribution is 2.38. The van der Waals surface area contributed by atoms with Crippen molar-refractivity contribution >= 4 is 39.4 Å². The molecule has 0 amide bonds. The molecule has 6 rings (SSSR count). The molecule has 0 saturated heterocycles. The molecule has 0 fully saturated rings. The molecule has 0 unspecified atom stereocenters. The van der Waals surface area contributed by atoms with Crippen molar-refractivity contribution in [3.05, 3.63) is 136 Å². The molecule has 3 aromatic carbocycles. The number of nitrogens with zero attached hydrogens (tertiary/aromatic N) is 3. The predicted molar refractivity (Wildman–Crippen MR) is 223 cm³/mol. The lowest BCUT2D eigenvalue weighted by molar-refractivity contribution is 0.551. The van der Waals surface area contributed by atoms with E-state index in [-0.39, 0.29) is 11.1 Å². The first-order valence-electron chi connectivity index (χ1n) is 19.5. The van der Waals surface area contributed by atoms with Crippen molar-refractivity contribution in [3.8, 4) is 20.9 Å². The fraction of sp³-hybridized carbons (Fsp3) is 0.348. The predicted octanol–water partition coefficient (Wildman–Crippen LogP) is 12.7. The number of anilines is 3. The van der Waals surface area contributed by atoms with Crippen LogP contribution >= 0.6 is 11.3 Å². The van der Waals surface area contributed by atoms with Crippen LogP contribution < -0.4 is 16.0 Å². The Balaban J connectivity index is 1.32. The number of pyridine rings is 2. The van der Waals surface area contributed by atoms with Crippen molar-refractivity contribution in [2.45, 2.75) is 104 Å². The van der Waals surface area contributed by atoms with Crippen LogP contribution in [0.25, 0.3) is 31.9 Å². The van der Waals surface area contributed by atoms with Gasteiger partial charge in [-0.15, -0.1) is 11.3 Å². The molecular formula is C46H53N3O2S. The fourth-order valence-electron chi connectivity index (χ4n) is 7.16. The van der Waals surface area contributed by atoms with Gasteiger partial charge in [0.05, 0.1) is 16.6 Å². The maximum Gasteiger partial charge on any atom is 0.259 e. The van der Waals surface area contributed by atoms with E-state index < -0.39 is 0 Å². The number of hydrogen-bond acceptors (Lipinski definition) is 4. The second-order valence-corrected chi connectivity index (χ2v) is 14.9. The summed E-state index contributed by atoms with van der Waals surface area (Å²) in [6.07, 6.45) is 13.9. The van der Waals surface area contributed by atoms with E-state index in [9.17, 15) is 9.59 Å². The zero-order valence-corrected chi connectivity index (χ0v) is 31.8. The van der Waals surface area contributed by atoms with Crippen molar-refractivity contribution < 1.29 is 0 Å². The van der Waals surface area contributed by atoms with Crippen LogP contribution in [-0.4, -0.2) is 9.13 Å². The Morgan fingerprint density at radius 1 is 0.500 bits per heavy atom. The summed E-state index contributed by atoms with van der Waals surface area (Å²) in [6, 6.07) is 39.2. The van der Waals surface area contributed by atoms with E-state index in [2.05, 4.69) is 104 Å². The minimum absolute atomic E-state index is 0.00350. The Kier molecular flexibility index (Phi) is 13.3. The molecule has 0 aliphatic rings. The average Bonchev–Trinajstić information content (AvgIpc) is 3.67. The summed E-state index contributed by atoms with van der Waals surface area (Å²) < 4.78 is 3.85. The Bertz CT molecular complexity index is 2070. The fourth-order valence-corrected chi connectivity index (χ4v) is 8.18. The second-order valence-electron chi connectivity index (χ2n) is 13.9. The van der Waals surface area contributed by atoms with Gasteiger partial charge in [0, 0.05) is 46.0 Å². The van der Waals surface area contributed by atoms with Gasteiger partial charge in [0.2, 0.25) is 0 Å². The van der Waals surface area contributed by atoms with E-state index in [1.807, 2.05) is 33.4 Å². The van der Waals surface area contributed by atoms with Gasteiger partial charge in [-0.2, -0.15) is 0 Å². The molecule has 0 bridgehead atoms. The van der Waals surface area contributed by atoms with E-state index in [0.717, 1.165) is 69.1 Å². The van der Waals surface area contributed by atoms with E-state index in [1.165, 1.54) is 51.4 Å². The average molecular weight is 712 g/mol. The summed E-state index contributed by atoms with van der Waals surface area (Å²) in [7, 11) is 0. The van der Waals surface area contributed by atoms with Crippen LogP contribution in [0.15, 0.2) is 125 Å². The van der Waals surface area contributed by atoms with Crippen molar-refractivity contribution in [2.24, 2.45) is 0 Å². The van der Waals surface area contributed by atoms with Crippen LogP contribution in [0.5, 0.6) is 0 Å². The number of unbranched alkanes of at least 4 members (excludes halogenated alkanes) is 10. The third-order valence-electron chi connectivity index (χ3n) is 10.0. The first kappa shape index (κ1) is 37.1. The van der Waals surface area contributed by atoms with Crippen molar-refractivity contribution in [1.29, 1.82) is 0 Å². The van der Waals surface area contributed by atoms with Gasteiger partial charge in [-0.1, -0.05) is 127 Å². The van der Waals surface area contributed by atoms with Crippen molar-refractivity contribution in [3.63, 3.8) is 0 Å². The quantitative estimate of drug-likeness (QED) is 0.0786. The standard InChI is InChI=1S/C46H53N3O2S/c1-3-5-7-9-11-19-33-47-42-35-40(46(51)48(41(42)29-32-45(47)50)34-20-12-10-8-6-4-2)44-31-30-43(52-44)36-25-27-39(28-26-36)49(37-21-15-13-16-22-37)38-23-17-14-18-24-38/h13-18,21-32,35H,3-12,19-20,33-34H2,1-2H3. The highest BCUT2D eigenvalue weighted by atomic mass is 32.1.